The number of Topliss-reactive ketones (excluding diaryl/α,β-unsaturated/α-hetero) is 2. The highest BCUT2D eigenvalue weighted by atomic mass is 16.5. The number of esters is 1. The molecule has 1 unspecified atom stereocenters. The number of carbonyl (C=O) groups is 3. The van der Waals surface area contributed by atoms with E-state index < -0.39 is 11.9 Å². The van der Waals surface area contributed by atoms with Gasteiger partial charge < -0.3 is 14.2 Å². The summed E-state index contributed by atoms with van der Waals surface area (Å²) in [5.41, 5.74) is 3.10. The summed E-state index contributed by atoms with van der Waals surface area (Å²) in [4.78, 5) is 42.6. The summed E-state index contributed by atoms with van der Waals surface area (Å²) < 4.78 is 14.8. The van der Waals surface area contributed by atoms with Gasteiger partial charge in [0.1, 0.15) is 5.92 Å². The molecule has 1 atom stereocenters. The Hall–Kier alpha value is -3.29. The van der Waals surface area contributed by atoms with Gasteiger partial charge in [-0.15, -0.1) is 0 Å². The minimum absolute atomic E-state index is 0. The van der Waals surface area contributed by atoms with E-state index in [4.69, 9.17) is 14.2 Å². The molecule has 8 nitrogen and oxygen atoms in total. The maximum atomic E-state index is 11.9. The van der Waals surface area contributed by atoms with E-state index >= 15 is 0 Å². The first-order valence-electron chi connectivity index (χ1n) is 9.28. The minimum atomic E-state index is -0.723. The second-order valence-corrected chi connectivity index (χ2v) is 6.56. The van der Waals surface area contributed by atoms with E-state index in [1.165, 1.54) is 13.3 Å². The lowest BCUT2D eigenvalue weighted by atomic mass is 10.1. The normalized spacial score (nSPS) is 15.9. The zero-order valence-electron chi connectivity index (χ0n) is 16.6. The molecule has 0 saturated carbocycles. The molecule has 4 rings (SSSR count). The highest BCUT2D eigenvalue weighted by Gasteiger charge is 2.37. The fraction of sp³-hybridized carbons (Fsp3) is 0.409. The van der Waals surface area contributed by atoms with Crippen molar-refractivity contribution in [2.24, 2.45) is 5.92 Å². The average Bonchev–Trinajstić information content (AvgIpc) is 3.28. The van der Waals surface area contributed by atoms with Gasteiger partial charge >= 0.3 is 5.97 Å². The van der Waals surface area contributed by atoms with Gasteiger partial charge in [-0.05, 0) is 30.9 Å². The largest absolute Gasteiger partial charge is 0.481 e. The number of ether oxygens (including phenoxy) is 3. The lowest BCUT2D eigenvalue weighted by molar-refractivity contribution is -0.145. The van der Waals surface area contributed by atoms with Gasteiger partial charge in [-0.25, -0.2) is 9.97 Å². The SMILES string of the molecule is C.CCOC(=O)C1Cc2cc(OC)ncc2C1=O.COc1cc2c(cn1)C(=O)CC2. The van der Waals surface area contributed by atoms with Crippen molar-refractivity contribution in [2.75, 3.05) is 20.8 Å². The third-order valence-corrected chi connectivity index (χ3v) is 4.85. The average molecular weight is 414 g/mol. The quantitative estimate of drug-likeness (QED) is 0.556. The molecule has 0 saturated heterocycles. The highest BCUT2D eigenvalue weighted by Crippen LogP contribution is 2.29. The predicted octanol–water partition coefficient (Wildman–Crippen LogP) is 2.86. The van der Waals surface area contributed by atoms with Crippen molar-refractivity contribution in [3.05, 3.63) is 46.8 Å². The van der Waals surface area contributed by atoms with Crippen molar-refractivity contribution in [3.8, 4) is 11.8 Å². The molecule has 30 heavy (non-hydrogen) atoms. The van der Waals surface area contributed by atoms with E-state index in [1.807, 2.05) is 6.07 Å². The van der Waals surface area contributed by atoms with E-state index in [9.17, 15) is 14.4 Å². The van der Waals surface area contributed by atoms with Gasteiger partial charge in [0.15, 0.2) is 11.6 Å². The van der Waals surface area contributed by atoms with Crippen LogP contribution in [0.15, 0.2) is 24.5 Å². The maximum absolute atomic E-state index is 11.9. The zero-order chi connectivity index (χ0) is 21.0. The Morgan fingerprint density at radius 2 is 1.60 bits per heavy atom. The van der Waals surface area contributed by atoms with Gasteiger partial charge in [-0.1, -0.05) is 7.43 Å². The van der Waals surface area contributed by atoms with Crippen LogP contribution in [0.5, 0.6) is 11.8 Å². The molecule has 0 fully saturated rings. The number of pyridine rings is 2. The van der Waals surface area contributed by atoms with Gasteiger partial charge in [0.25, 0.3) is 0 Å². The number of hydrogen-bond acceptors (Lipinski definition) is 8. The molecule has 0 N–H and O–H groups in total. The number of hydrogen-bond donors (Lipinski definition) is 0. The van der Waals surface area contributed by atoms with Crippen LogP contribution < -0.4 is 9.47 Å². The first kappa shape index (κ1) is 23.0. The molecule has 2 aliphatic rings. The number of aromatic nitrogens is 2. The lowest BCUT2D eigenvalue weighted by Gasteiger charge is -2.05. The van der Waals surface area contributed by atoms with Crippen molar-refractivity contribution in [1.82, 2.24) is 9.97 Å². The maximum Gasteiger partial charge on any atom is 0.317 e. The summed E-state index contributed by atoms with van der Waals surface area (Å²) in [6.07, 6.45) is 4.86. The van der Waals surface area contributed by atoms with Crippen LogP contribution in [0, 0.1) is 5.92 Å². The van der Waals surface area contributed by atoms with Crippen molar-refractivity contribution in [1.29, 1.82) is 0 Å². The molecule has 2 aromatic heterocycles. The van der Waals surface area contributed by atoms with E-state index in [0.717, 1.165) is 23.1 Å². The Labute approximate surface area is 175 Å². The lowest BCUT2D eigenvalue weighted by Crippen LogP contribution is -2.23. The number of nitrogens with zero attached hydrogens (tertiary/aromatic N) is 2. The van der Waals surface area contributed by atoms with E-state index in [1.54, 1.807) is 26.3 Å². The summed E-state index contributed by atoms with van der Waals surface area (Å²) in [5, 5.41) is 0. The highest BCUT2D eigenvalue weighted by molar-refractivity contribution is 6.12. The molecule has 2 aromatic rings. The number of fused-ring (bicyclic) bond motifs is 2. The smallest absolute Gasteiger partial charge is 0.317 e. The number of carbonyl (C=O) groups excluding carboxylic acids is 3. The van der Waals surface area contributed by atoms with Gasteiger partial charge in [0.05, 0.1) is 20.8 Å². The Morgan fingerprint density at radius 1 is 1.00 bits per heavy atom. The molecular weight excluding hydrogens is 388 g/mol. The predicted molar refractivity (Wildman–Crippen MR) is 109 cm³/mol. The van der Waals surface area contributed by atoms with Crippen LogP contribution in [0.1, 0.15) is 52.6 Å². The third kappa shape index (κ3) is 4.64. The molecule has 0 bridgehead atoms. The van der Waals surface area contributed by atoms with Gasteiger partial charge in [-0.3, -0.25) is 14.4 Å². The molecule has 2 heterocycles. The molecular formula is C22H26N2O6. The summed E-state index contributed by atoms with van der Waals surface area (Å²) in [6, 6.07) is 3.52. The molecule has 0 aromatic carbocycles. The summed E-state index contributed by atoms with van der Waals surface area (Å²) >= 11 is 0. The van der Waals surface area contributed by atoms with Crippen LogP contribution in [0.4, 0.5) is 0 Å². The molecule has 0 spiro atoms. The van der Waals surface area contributed by atoms with Crippen molar-refractivity contribution in [2.45, 2.75) is 33.6 Å². The fourth-order valence-electron chi connectivity index (χ4n) is 3.34. The van der Waals surface area contributed by atoms with Crippen LogP contribution in [0.3, 0.4) is 0 Å². The third-order valence-electron chi connectivity index (χ3n) is 4.85. The van der Waals surface area contributed by atoms with Crippen LogP contribution in [-0.2, 0) is 22.4 Å². The van der Waals surface area contributed by atoms with E-state index in [0.29, 0.717) is 30.2 Å². The second-order valence-electron chi connectivity index (χ2n) is 6.56. The van der Waals surface area contributed by atoms with Crippen LogP contribution in [0.2, 0.25) is 0 Å². The Balaban J connectivity index is 0.000000218. The molecule has 0 aliphatic heterocycles. The minimum Gasteiger partial charge on any atom is -0.481 e. The molecule has 2 aliphatic carbocycles. The number of methoxy groups -OCH3 is 2. The first-order valence-corrected chi connectivity index (χ1v) is 9.28. The number of rotatable bonds is 4. The Bertz CT molecular complexity index is 957. The standard InChI is InChI=1S/C12H13NO4.C9H9NO2.CH4/c1-3-17-12(15)8-4-7-5-10(16-2)13-6-9(7)11(8)14;1-12-9-4-6-2-3-8(11)7(6)5-10-9;/h5-6,8H,3-4H2,1-2H3;4-5H,2-3H2,1H3;1H4. The topological polar surface area (TPSA) is 105 Å². The zero-order valence-corrected chi connectivity index (χ0v) is 16.6. The van der Waals surface area contributed by atoms with E-state index in [-0.39, 0.29) is 25.6 Å². The Kier molecular flexibility index (Phi) is 7.63. The van der Waals surface area contributed by atoms with Gasteiger partial charge in [0, 0.05) is 42.1 Å². The van der Waals surface area contributed by atoms with Crippen molar-refractivity contribution < 1.29 is 28.6 Å². The Morgan fingerprint density at radius 3 is 2.20 bits per heavy atom. The molecule has 8 heteroatoms. The van der Waals surface area contributed by atoms with Crippen molar-refractivity contribution >= 4 is 17.5 Å². The monoisotopic (exact) mass is 414 g/mol. The fourth-order valence-corrected chi connectivity index (χ4v) is 3.34. The summed E-state index contributed by atoms with van der Waals surface area (Å²) in [7, 11) is 3.08. The van der Waals surface area contributed by atoms with Crippen molar-refractivity contribution in [3.63, 3.8) is 0 Å². The molecule has 160 valence electrons. The first-order chi connectivity index (χ1) is 14.0. The molecule has 0 radical (unpaired) electrons. The number of ketones is 2. The van der Waals surface area contributed by atoms with Crippen LogP contribution in [0.25, 0.3) is 0 Å². The van der Waals surface area contributed by atoms with Gasteiger partial charge in [0.2, 0.25) is 11.8 Å². The van der Waals surface area contributed by atoms with Crippen LogP contribution in [-0.4, -0.2) is 48.3 Å². The second kappa shape index (κ2) is 9.96. The molecule has 0 amide bonds. The van der Waals surface area contributed by atoms with Gasteiger partial charge in [-0.2, -0.15) is 0 Å². The summed E-state index contributed by atoms with van der Waals surface area (Å²) in [5.74, 6) is -0.176. The van der Waals surface area contributed by atoms with E-state index in [2.05, 4.69) is 9.97 Å². The summed E-state index contributed by atoms with van der Waals surface area (Å²) in [6.45, 7) is 2.00. The number of aryl methyl sites for hydroxylation is 1. The van der Waals surface area contributed by atoms with Crippen LogP contribution >= 0.6 is 0 Å².